The van der Waals surface area contributed by atoms with Crippen LogP contribution in [-0.2, 0) is 27.1 Å². The highest BCUT2D eigenvalue weighted by atomic mass is 32.2. The summed E-state index contributed by atoms with van der Waals surface area (Å²) in [6.45, 7) is 3.95. The van der Waals surface area contributed by atoms with E-state index in [1.54, 1.807) is 23.1 Å². The van der Waals surface area contributed by atoms with Crippen LogP contribution >= 0.6 is 0 Å². The van der Waals surface area contributed by atoms with Gasteiger partial charge in [0.2, 0.25) is 5.91 Å². The number of carbonyl (C=O) groups excluding carboxylic acids is 1. The first-order valence-corrected chi connectivity index (χ1v) is 8.78. The van der Waals surface area contributed by atoms with Crippen LogP contribution < -0.4 is 4.90 Å². The van der Waals surface area contributed by atoms with Crippen molar-refractivity contribution in [2.75, 3.05) is 16.4 Å². The monoisotopic (exact) mass is 349 g/mol. The van der Waals surface area contributed by atoms with Gasteiger partial charge in [0, 0.05) is 23.2 Å². The highest BCUT2D eigenvalue weighted by Gasteiger charge is 2.22. The number of hydrogen-bond acceptors (Lipinski definition) is 4. The third-order valence-corrected chi connectivity index (χ3v) is 4.56. The molecular weight excluding hydrogens is 330 g/mol. The zero-order valence-electron chi connectivity index (χ0n) is 13.5. The number of carboxylic acids is 1. The summed E-state index contributed by atoms with van der Waals surface area (Å²) >= 11 is 0. The van der Waals surface area contributed by atoms with Gasteiger partial charge in [0.1, 0.15) is 18.2 Å². The van der Waals surface area contributed by atoms with E-state index in [-0.39, 0.29) is 12.4 Å². The summed E-state index contributed by atoms with van der Waals surface area (Å²) in [6, 6.07) is 7.42. The number of carbonyl (C=O) groups is 2. The number of rotatable bonds is 7. The summed E-state index contributed by atoms with van der Waals surface area (Å²) in [5.41, 5.74) is 2.53. The Labute approximate surface area is 142 Å². The van der Waals surface area contributed by atoms with Crippen molar-refractivity contribution in [2.45, 2.75) is 20.5 Å². The Morgan fingerprint density at radius 3 is 2.42 bits per heavy atom. The standard InChI is InChI=1S/C16H19N3O4S/c1-12-5-3-6-13(2)16(12)19(11-18-8-4-7-17-18)14(20)9-24(23)10-15(21)22/h3-8H,9-11H2,1-2H3,(H,21,22). The van der Waals surface area contributed by atoms with Crippen LogP contribution in [0.5, 0.6) is 0 Å². The molecule has 0 radical (unpaired) electrons. The van der Waals surface area contributed by atoms with Crippen LogP contribution in [0, 0.1) is 13.8 Å². The van der Waals surface area contributed by atoms with Gasteiger partial charge in [0.15, 0.2) is 0 Å². The Kier molecular flexibility index (Phi) is 5.86. The van der Waals surface area contributed by atoms with Crippen LogP contribution in [-0.4, -0.2) is 42.5 Å². The minimum absolute atomic E-state index is 0.168. The summed E-state index contributed by atoms with van der Waals surface area (Å²) in [6.07, 6.45) is 3.33. The fourth-order valence-corrected chi connectivity index (χ4v) is 3.25. The molecule has 1 N–H and O–H groups in total. The lowest BCUT2D eigenvalue weighted by Crippen LogP contribution is -2.38. The molecule has 24 heavy (non-hydrogen) atoms. The molecule has 1 amide bonds. The van der Waals surface area contributed by atoms with Crippen LogP contribution in [0.4, 0.5) is 5.69 Å². The maximum absolute atomic E-state index is 12.7. The van der Waals surface area contributed by atoms with Gasteiger partial charge in [0.05, 0.1) is 5.69 Å². The molecule has 2 rings (SSSR count). The normalized spacial score (nSPS) is 11.9. The summed E-state index contributed by atoms with van der Waals surface area (Å²) in [7, 11) is -1.76. The average molecular weight is 349 g/mol. The van der Waals surface area contributed by atoms with Gasteiger partial charge in [-0.2, -0.15) is 5.10 Å². The molecule has 0 saturated heterocycles. The molecule has 2 aromatic rings. The predicted octanol–water partition coefficient (Wildman–Crippen LogP) is 1.32. The highest BCUT2D eigenvalue weighted by molar-refractivity contribution is 7.86. The van der Waals surface area contributed by atoms with Gasteiger partial charge < -0.3 is 5.11 Å². The maximum Gasteiger partial charge on any atom is 0.316 e. The van der Waals surface area contributed by atoms with Crippen molar-refractivity contribution in [3.8, 4) is 0 Å². The number of nitrogens with zero attached hydrogens (tertiary/aromatic N) is 3. The SMILES string of the molecule is Cc1cccc(C)c1N(Cn1cccn1)C(=O)CS(=O)CC(=O)O. The van der Waals surface area contributed by atoms with E-state index in [1.165, 1.54) is 4.90 Å². The van der Waals surface area contributed by atoms with E-state index in [2.05, 4.69) is 5.10 Å². The Hall–Kier alpha value is -2.48. The van der Waals surface area contributed by atoms with E-state index in [0.717, 1.165) is 16.8 Å². The number of aryl methyl sites for hydroxylation is 2. The van der Waals surface area contributed by atoms with Crippen molar-refractivity contribution in [1.29, 1.82) is 0 Å². The molecule has 7 nitrogen and oxygen atoms in total. The predicted molar refractivity (Wildman–Crippen MR) is 91.1 cm³/mol. The molecule has 0 spiro atoms. The highest BCUT2D eigenvalue weighted by Crippen LogP contribution is 2.25. The zero-order valence-corrected chi connectivity index (χ0v) is 14.3. The van der Waals surface area contributed by atoms with Crippen LogP contribution in [0.3, 0.4) is 0 Å². The second kappa shape index (κ2) is 7.87. The molecule has 1 unspecified atom stereocenters. The lowest BCUT2D eigenvalue weighted by atomic mass is 10.1. The summed E-state index contributed by atoms with van der Waals surface area (Å²) < 4.78 is 13.4. The molecule has 0 aliphatic carbocycles. The Balaban J connectivity index is 2.31. The Bertz CT molecular complexity index is 738. The smallest absolute Gasteiger partial charge is 0.316 e. The van der Waals surface area contributed by atoms with Gasteiger partial charge in [-0.05, 0) is 31.0 Å². The van der Waals surface area contributed by atoms with Gasteiger partial charge in [-0.15, -0.1) is 0 Å². The van der Waals surface area contributed by atoms with E-state index >= 15 is 0 Å². The molecule has 0 saturated carbocycles. The van der Waals surface area contributed by atoms with Crippen molar-refractivity contribution in [3.63, 3.8) is 0 Å². The van der Waals surface area contributed by atoms with Gasteiger partial charge >= 0.3 is 5.97 Å². The topological polar surface area (TPSA) is 92.5 Å². The van der Waals surface area contributed by atoms with Crippen molar-refractivity contribution < 1.29 is 18.9 Å². The largest absolute Gasteiger partial charge is 0.481 e. The lowest BCUT2D eigenvalue weighted by molar-refractivity contribution is -0.133. The van der Waals surface area contributed by atoms with Crippen LogP contribution in [0.1, 0.15) is 11.1 Å². The Morgan fingerprint density at radius 1 is 1.21 bits per heavy atom. The van der Waals surface area contributed by atoms with E-state index in [9.17, 15) is 13.8 Å². The molecule has 1 aromatic carbocycles. The molecule has 8 heteroatoms. The van der Waals surface area contributed by atoms with Gasteiger partial charge in [-0.3, -0.25) is 23.4 Å². The summed E-state index contributed by atoms with van der Waals surface area (Å²) in [4.78, 5) is 24.8. The zero-order chi connectivity index (χ0) is 17.7. The number of amides is 1. The van der Waals surface area contributed by atoms with Crippen LogP contribution in [0.25, 0.3) is 0 Å². The fourth-order valence-electron chi connectivity index (χ4n) is 2.44. The average Bonchev–Trinajstić information content (AvgIpc) is 2.97. The third kappa shape index (κ3) is 4.51. The van der Waals surface area contributed by atoms with E-state index < -0.39 is 28.4 Å². The minimum Gasteiger partial charge on any atom is -0.481 e. The third-order valence-electron chi connectivity index (χ3n) is 3.42. The number of benzene rings is 1. The molecular formula is C16H19N3O4S. The molecule has 0 fully saturated rings. The molecule has 1 heterocycles. The number of hydrogen-bond donors (Lipinski definition) is 1. The van der Waals surface area contributed by atoms with E-state index in [4.69, 9.17) is 5.11 Å². The van der Waals surface area contributed by atoms with Crippen LogP contribution in [0.2, 0.25) is 0 Å². The number of aromatic nitrogens is 2. The number of carboxylic acid groups (broad SMARTS) is 1. The van der Waals surface area contributed by atoms with E-state index in [0.29, 0.717) is 0 Å². The molecule has 128 valence electrons. The quantitative estimate of drug-likeness (QED) is 0.814. The molecule has 1 aromatic heterocycles. The minimum atomic E-state index is -1.76. The first-order valence-electron chi connectivity index (χ1n) is 7.29. The summed E-state index contributed by atoms with van der Waals surface area (Å²) in [5, 5.41) is 12.8. The van der Waals surface area contributed by atoms with Crippen molar-refractivity contribution in [1.82, 2.24) is 9.78 Å². The number of anilines is 1. The Morgan fingerprint density at radius 2 is 1.88 bits per heavy atom. The fraction of sp³-hybridized carbons (Fsp3) is 0.312. The molecule has 0 aliphatic rings. The van der Waals surface area contributed by atoms with Gasteiger partial charge in [0.25, 0.3) is 0 Å². The first kappa shape index (κ1) is 17.9. The van der Waals surface area contributed by atoms with E-state index in [1.807, 2.05) is 32.0 Å². The number of para-hydroxylation sites is 1. The van der Waals surface area contributed by atoms with Crippen molar-refractivity contribution in [2.24, 2.45) is 0 Å². The molecule has 1 atom stereocenters. The van der Waals surface area contributed by atoms with Crippen molar-refractivity contribution in [3.05, 3.63) is 47.8 Å². The molecule has 0 aliphatic heterocycles. The van der Waals surface area contributed by atoms with Gasteiger partial charge in [-0.25, -0.2) is 0 Å². The second-order valence-electron chi connectivity index (χ2n) is 5.37. The van der Waals surface area contributed by atoms with Gasteiger partial charge in [-0.1, -0.05) is 18.2 Å². The van der Waals surface area contributed by atoms with Crippen molar-refractivity contribution >= 4 is 28.4 Å². The molecule has 0 bridgehead atoms. The maximum atomic E-state index is 12.7. The lowest BCUT2D eigenvalue weighted by Gasteiger charge is -2.26. The second-order valence-corrected chi connectivity index (χ2v) is 6.83. The van der Waals surface area contributed by atoms with Crippen LogP contribution in [0.15, 0.2) is 36.7 Å². The first-order chi connectivity index (χ1) is 11.4. The summed E-state index contributed by atoms with van der Waals surface area (Å²) in [5.74, 6) is -2.48. The number of aliphatic carboxylic acids is 1.